The minimum atomic E-state index is 0.909. The Morgan fingerprint density at radius 2 is 2.17 bits per heavy atom. The summed E-state index contributed by atoms with van der Waals surface area (Å²) >= 11 is 0. The second kappa shape index (κ2) is 5.78. The van der Waals surface area contributed by atoms with Crippen LogP contribution < -0.4 is 5.32 Å². The number of rotatable bonds is 5. The largest absolute Gasteiger partial charge is 0.313 e. The third-order valence-electron chi connectivity index (χ3n) is 3.05. The van der Waals surface area contributed by atoms with E-state index in [0.29, 0.717) is 0 Å². The quantitative estimate of drug-likeness (QED) is 0.821. The number of aryl methyl sites for hydroxylation is 2. The van der Waals surface area contributed by atoms with Gasteiger partial charge in [0.2, 0.25) is 0 Å². The van der Waals surface area contributed by atoms with Gasteiger partial charge in [-0.25, -0.2) is 4.68 Å². The van der Waals surface area contributed by atoms with Crippen molar-refractivity contribution in [2.45, 2.75) is 26.8 Å². The number of aromatic nitrogens is 3. The molecule has 1 heterocycles. The Morgan fingerprint density at radius 1 is 1.33 bits per heavy atom. The molecule has 0 saturated heterocycles. The average Bonchev–Trinajstić information content (AvgIpc) is 2.78. The molecule has 0 aliphatic carbocycles. The maximum Gasteiger partial charge on any atom is 0.0884 e. The van der Waals surface area contributed by atoms with Gasteiger partial charge in [-0.15, -0.1) is 5.10 Å². The molecule has 0 bridgehead atoms. The molecule has 0 fully saturated rings. The standard InChI is InChI=1S/C14H20N4/c1-4-7-15-9-12-6-5-11(2)13(8-12)14-10-16-17-18(14)3/h5-6,8,10,15H,4,7,9H2,1-3H3. The van der Waals surface area contributed by atoms with Crippen LogP contribution in [0, 0.1) is 6.92 Å². The molecule has 0 aliphatic heterocycles. The van der Waals surface area contributed by atoms with Crippen LogP contribution in [-0.2, 0) is 13.6 Å². The molecular formula is C14H20N4. The summed E-state index contributed by atoms with van der Waals surface area (Å²) in [5.41, 5.74) is 4.81. The van der Waals surface area contributed by atoms with E-state index in [0.717, 1.165) is 25.2 Å². The lowest BCUT2D eigenvalue weighted by Gasteiger charge is -2.09. The summed E-state index contributed by atoms with van der Waals surface area (Å²) in [6.45, 7) is 6.25. The zero-order valence-corrected chi connectivity index (χ0v) is 11.3. The van der Waals surface area contributed by atoms with Crippen molar-refractivity contribution >= 4 is 0 Å². The van der Waals surface area contributed by atoms with Gasteiger partial charge < -0.3 is 5.32 Å². The van der Waals surface area contributed by atoms with Gasteiger partial charge in [0.1, 0.15) is 0 Å². The van der Waals surface area contributed by atoms with Crippen LogP contribution in [0.4, 0.5) is 0 Å². The maximum atomic E-state index is 3.99. The van der Waals surface area contributed by atoms with Crippen molar-refractivity contribution < 1.29 is 0 Å². The molecule has 96 valence electrons. The first-order valence-corrected chi connectivity index (χ1v) is 6.37. The topological polar surface area (TPSA) is 42.7 Å². The molecule has 0 saturated carbocycles. The second-order valence-electron chi connectivity index (χ2n) is 4.57. The number of nitrogens with one attached hydrogen (secondary N) is 1. The first-order chi connectivity index (χ1) is 8.72. The molecule has 0 aliphatic rings. The monoisotopic (exact) mass is 244 g/mol. The van der Waals surface area contributed by atoms with Gasteiger partial charge in [-0.3, -0.25) is 0 Å². The molecule has 0 spiro atoms. The number of nitrogens with zero attached hydrogens (tertiary/aromatic N) is 3. The molecule has 2 aromatic rings. The Morgan fingerprint density at radius 3 is 2.83 bits per heavy atom. The van der Waals surface area contributed by atoms with Gasteiger partial charge in [-0.05, 0) is 37.1 Å². The summed E-state index contributed by atoms with van der Waals surface area (Å²) in [5, 5.41) is 11.4. The van der Waals surface area contributed by atoms with Crippen molar-refractivity contribution in [3.63, 3.8) is 0 Å². The van der Waals surface area contributed by atoms with E-state index in [2.05, 4.69) is 47.7 Å². The Labute approximate surface area is 108 Å². The van der Waals surface area contributed by atoms with Crippen LogP contribution in [0.15, 0.2) is 24.4 Å². The predicted molar refractivity (Wildman–Crippen MR) is 73.2 cm³/mol. The third-order valence-corrected chi connectivity index (χ3v) is 3.05. The summed E-state index contributed by atoms with van der Waals surface area (Å²) in [7, 11) is 1.92. The SMILES string of the molecule is CCCNCc1ccc(C)c(-c2cnnn2C)c1. The van der Waals surface area contributed by atoms with E-state index in [4.69, 9.17) is 0 Å². The zero-order chi connectivity index (χ0) is 13.0. The normalized spacial score (nSPS) is 10.8. The summed E-state index contributed by atoms with van der Waals surface area (Å²) in [5.74, 6) is 0. The predicted octanol–water partition coefficient (Wildman–Crippen LogP) is 2.29. The van der Waals surface area contributed by atoms with Gasteiger partial charge in [0.05, 0.1) is 11.9 Å². The molecular weight excluding hydrogens is 224 g/mol. The van der Waals surface area contributed by atoms with Crippen molar-refractivity contribution in [2.24, 2.45) is 7.05 Å². The fourth-order valence-electron chi connectivity index (χ4n) is 2.00. The van der Waals surface area contributed by atoms with Crippen molar-refractivity contribution in [1.29, 1.82) is 0 Å². The van der Waals surface area contributed by atoms with Crippen LogP contribution in [0.3, 0.4) is 0 Å². The van der Waals surface area contributed by atoms with Crippen molar-refractivity contribution in [3.8, 4) is 11.3 Å². The highest BCUT2D eigenvalue weighted by atomic mass is 15.4. The summed E-state index contributed by atoms with van der Waals surface area (Å²) < 4.78 is 1.81. The number of hydrogen-bond donors (Lipinski definition) is 1. The third kappa shape index (κ3) is 2.76. The number of hydrogen-bond acceptors (Lipinski definition) is 3. The van der Waals surface area contributed by atoms with Crippen LogP contribution in [0.25, 0.3) is 11.3 Å². The Balaban J connectivity index is 2.25. The Kier molecular flexibility index (Phi) is 4.10. The van der Waals surface area contributed by atoms with Crippen LogP contribution in [-0.4, -0.2) is 21.5 Å². The molecule has 0 amide bonds. The molecule has 4 heteroatoms. The van der Waals surface area contributed by atoms with E-state index >= 15 is 0 Å². The zero-order valence-electron chi connectivity index (χ0n) is 11.3. The first-order valence-electron chi connectivity index (χ1n) is 6.37. The van der Waals surface area contributed by atoms with Crippen molar-refractivity contribution in [2.75, 3.05) is 6.54 Å². The van der Waals surface area contributed by atoms with E-state index in [1.165, 1.54) is 16.7 Å². The van der Waals surface area contributed by atoms with Gasteiger partial charge in [-0.2, -0.15) is 0 Å². The summed E-state index contributed by atoms with van der Waals surface area (Å²) in [6, 6.07) is 6.55. The second-order valence-corrected chi connectivity index (χ2v) is 4.57. The Bertz CT molecular complexity index is 516. The fraction of sp³-hybridized carbons (Fsp3) is 0.429. The Hall–Kier alpha value is -1.68. The smallest absolute Gasteiger partial charge is 0.0884 e. The minimum Gasteiger partial charge on any atom is -0.313 e. The molecule has 18 heavy (non-hydrogen) atoms. The van der Waals surface area contributed by atoms with E-state index in [9.17, 15) is 0 Å². The molecule has 2 rings (SSSR count). The highest BCUT2D eigenvalue weighted by Crippen LogP contribution is 2.23. The van der Waals surface area contributed by atoms with E-state index in [1.807, 2.05) is 17.9 Å². The summed E-state index contributed by atoms with van der Waals surface area (Å²) in [6.07, 6.45) is 2.97. The van der Waals surface area contributed by atoms with Gasteiger partial charge in [-0.1, -0.05) is 24.3 Å². The average molecular weight is 244 g/mol. The van der Waals surface area contributed by atoms with Gasteiger partial charge in [0.25, 0.3) is 0 Å². The lowest BCUT2D eigenvalue weighted by molar-refractivity contribution is 0.675. The van der Waals surface area contributed by atoms with E-state index < -0.39 is 0 Å². The molecule has 1 N–H and O–H groups in total. The highest BCUT2D eigenvalue weighted by Gasteiger charge is 2.07. The van der Waals surface area contributed by atoms with Crippen LogP contribution in [0.1, 0.15) is 24.5 Å². The minimum absolute atomic E-state index is 0.909. The summed E-state index contributed by atoms with van der Waals surface area (Å²) in [4.78, 5) is 0. The number of benzene rings is 1. The van der Waals surface area contributed by atoms with Crippen LogP contribution in [0.5, 0.6) is 0 Å². The molecule has 1 aromatic carbocycles. The van der Waals surface area contributed by atoms with Crippen molar-refractivity contribution in [1.82, 2.24) is 20.3 Å². The molecule has 4 nitrogen and oxygen atoms in total. The van der Waals surface area contributed by atoms with Crippen LogP contribution >= 0.6 is 0 Å². The maximum absolute atomic E-state index is 3.99. The molecule has 0 atom stereocenters. The van der Waals surface area contributed by atoms with Gasteiger partial charge in [0.15, 0.2) is 0 Å². The molecule has 0 unspecified atom stereocenters. The van der Waals surface area contributed by atoms with Crippen LogP contribution in [0.2, 0.25) is 0 Å². The van der Waals surface area contributed by atoms with E-state index in [-0.39, 0.29) is 0 Å². The molecule has 0 radical (unpaired) electrons. The lowest BCUT2D eigenvalue weighted by Crippen LogP contribution is -2.13. The first kappa shape index (κ1) is 12.8. The highest BCUT2D eigenvalue weighted by molar-refractivity contribution is 5.63. The van der Waals surface area contributed by atoms with E-state index in [1.54, 1.807) is 0 Å². The van der Waals surface area contributed by atoms with Gasteiger partial charge in [0, 0.05) is 19.2 Å². The van der Waals surface area contributed by atoms with Crippen molar-refractivity contribution in [3.05, 3.63) is 35.5 Å². The lowest BCUT2D eigenvalue weighted by atomic mass is 10.0. The van der Waals surface area contributed by atoms with Gasteiger partial charge >= 0.3 is 0 Å². The molecule has 1 aromatic heterocycles. The fourth-order valence-corrected chi connectivity index (χ4v) is 2.00.